The molecule has 0 saturated heterocycles. The molecule has 0 saturated carbocycles. The Morgan fingerprint density at radius 3 is 2.19 bits per heavy atom. The van der Waals surface area contributed by atoms with Crippen LogP contribution in [0.1, 0.15) is 25.0 Å². The van der Waals surface area contributed by atoms with Crippen LogP contribution in [-0.2, 0) is 6.42 Å². The third kappa shape index (κ3) is 4.00. The zero-order valence-electron chi connectivity index (χ0n) is 14.6. The van der Waals surface area contributed by atoms with Crippen molar-refractivity contribution in [2.45, 2.75) is 25.8 Å². The first-order valence-electron chi connectivity index (χ1n) is 8.34. The first-order valence-corrected chi connectivity index (χ1v) is 8.34. The maximum absolute atomic E-state index is 9.75. The number of benzene rings is 2. The number of fused-ring (bicyclic) bond motifs is 2. The molecule has 2 heterocycles. The van der Waals surface area contributed by atoms with Crippen molar-refractivity contribution in [3.05, 3.63) is 65.7 Å². The van der Waals surface area contributed by atoms with Crippen LogP contribution in [0.4, 0.5) is 23.0 Å². The first kappa shape index (κ1) is 18.3. The van der Waals surface area contributed by atoms with Crippen molar-refractivity contribution < 1.29 is 21.8 Å². The summed E-state index contributed by atoms with van der Waals surface area (Å²) in [5.74, 6) is 1.23. The third-order valence-electron chi connectivity index (χ3n) is 4.49. The molecule has 3 nitrogen and oxygen atoms in total. The molecule has 0 aromatic heterocycles. The van der Waals surface area contributed by atoms with Crippen molar-refractivity contribution in [2.75, 3.05) is 11.7 Å². The molecule has 0 spiro atoms. The van der Waals surface area contributed by atoms with E-state index in [1.54, 1.807) is 0 Å². The van der Waals surface area contributed by atoms with E-state index in [1.165, 1.54) is 22.6 Å². The van der Waals surface area contributed by atoms with Crippen LogP contribution in [0.3, 0.4) is 0 Å². The standard InChI is InChI=1S/C18H19N3.BF4/c1-18(2)12-14-8-6-7-11-16(14)17-19-21(13-20(17)18)15-9-4-3-5-10-15;2-1(3,4)5/h3-11H,12-13H2,1-2H3;/q;-1/p+1. The Balaban J connectivity index is 0.000000349. The summed E-state index contributed by atoms with van der Waals surface area (Å²) in [6.07, 6.45) is 1.08. The van der Waals surface area contributed by atoms with E-state index in [-0.39, 0.29) is 5.54 Å². The van der Waals surface area contributed by atoms with Gasteiger partial charge in [0.05, 0.1) is 11.3 Å². The Morgan fingerprint density at radius 1 is 0.962 bits per heavy atom. The van der Waals surface area contributed by atoms with E-state index in [9.17, 15) is 17.3 Å². The average molecular weight is 365 g/mol. The Hall–Kier alpha value is -2.51. The molecular formula is C18H20BF4N3. The molecule has 0 amide bonds. The zero-order valence-corrected chi connectivity index (χ0v) is 14.6. The molecule has 2 aliphatic rings. The number of halogens is 4. The van der Waals surface area contributed by atoms with Gasteiger partial charge in [0, 0.05) is 6.42 Å². The molecule has 4 rings (SSSR count). The van der Waals surface area contributed by atoms with Crippen molar-refractivity contribution in [1.29, 1.82) is 0 Å². The van der Waals surface area contributed by atoms with Gasteiger partial charge in [0.25, 0.3) is 0 Å². The van der Waals surface area contributed by atoms with Gasteiger partial charge in [0.1, 0.15) is 5.54 Å². The van der Waals surface area contributed by atoms with E-state index in [0.717, 1.165) is 13.1 Å². The van der Waals surface area contributed by atoms with Gasteiger partial charge < -0.3 is 17.3 Å². The highest BCUT2D eigenvalue weighted by atomic mass is 19.5. The van der Waals surface area contributed by atoms with Crippen LogP contribution in [0.25, 0.3) is 0 Å². The van der Waals surface area contributed by atoms with Crippen LogP contribution in [0, 0.1) is 0 Å². The van der Waals surface area contributed by atoms with E-state index in [0.29, 0.717) is 0 Å². The number of nitrogens with zero attached hydrogens (tertiary/aromatic N) is 2. The van der Waals surface area contributed by atoms with Gasteiger partial charge in [-0.2, -0.15) is 10.4 Å². The fourth-order valence-corrected chi connectivity index (χ4v) is 3.36. The number of rotatable bonds is 1. The second-order valence-electron chi connectivity index (χ2n) is 6.93. The van der Waals surface area contributed by atoms with E-state index in [2.05, 4.69) is 83.5 Å². The number of hydrogen-bond donors (Lipinski definition) is 1. The van der Waals surface area contributed by atoms with Gasteiger partial charge in [-0.05, 0) is 37.6 Å². The average Bonchev–Trinajstić information content (AvgIpc) is 3.01. The Kier molecular flexibility index (Phi) is 4.69. The van der Waals surface area contributed by atoms with Crippen molar-refractivity contribution in [3.63, 3.8) is 0 Å². The summed E-state index contributed by atoms with van der Waals surface area (Å²) >= 11 is 0. The van der Waals surface area contributed by atoms with Gasteiger partial charge in [-0.25, -0.2) is 4.58 Å². The van der Waals surface area contributed by atoms with E-state index >= 15 is 0 Å². The van der Waals surface area contributed by atoms with Gasteiger partial charge in [-0.15, -0.1) is 0 Å². The number of nitrogens with one attached hydrogen (secondary N) is 1. The van der Waals surface area contributed by atoms with Gasteiger partial charge >= 0.3 is 13.1 Å². The smallest absolute Gasteiger partial charge is 0.418 e. The predicted octanol–water partition coefficient (Wildman–Crippen LogP) is 4.06. The molecule has 138 valence electrons. The largest absolute Gasteiger partial charge is 0.673 e. The Labute approximate surface area is 150 Å². The predicted molar refractivity (Wildman–Crippen MR) is 95.7 cm³/mol. The summed E-state index contributed by atoms with van der Waals surface area (Å²) < 4.78 is 41.5. The second kappa shape index (κ2) is 6.66. The lowest BCUT2D eigenvalue weighted by Gasteiger charge is -2.29. The summed E-state index contributed by atoms with van der Waals surface area (Å²) in [4.78, 5) is 0. The van der Waals surface area contributed by atoms with Gasteiger partial charge in [0.2, 0.25) is 0 Å². The summed E-state index contributed by atoms with van der Waals surface area (Å²) in [6, 6.07) is 19.2. The molecule has 0 fully saturated rings. The number of hydrazine groups is 1. The molecule has 0 radical (unpaired) electrons. The summed E-state index contributed by atoms with van der Waals surface area (Å²) in [5.41, 5.74) is 7.68. The Bertz CT molecular complexity index is 813. The number of anilines is 1. The molecule has 0 bridgehead atoms. The fourth-order valence-electron chi connectivity index (χ4n) is 3.36. The highest BCUT2D eigenvalue weighted by Crippen LogP contribution is 2.29. The van der Waals surface area contributed by atoms with Gasteiger partial charge in [-0.1, -0.05) is 36.4 Å². The monoisotopic (exact) mass is 365 g/mol. The highest BCUT2D eigenvalue weighted by molar-refractivity contribution is 6.50. The SMILES string of the molecule is CC1(C)Cc2ccccc2C2=[N+]1CN(c1ccccc1)N2.F[B-](F)(F)F. The van der Waals surface area contributed by atoms with Crippen molar-refractivity contribution in [3.8, 4) is 0 Å². The van der Waals surface area contributed by atoms with Gasteiger partial charge in [0.15, 0.2) is 6.67 Å². The molecule has 2 aromatic rings. The first-order chi connectivity index (χ1) is 12.1. The normalized spacial score (nSPS) is 17.7. The second-order valence-corrected chi connectivity index (χ2v) is 6.93. The van der Waals surface area contributed by atoms with Gasteiger partial charge in [-0.3, -0.25) is 0 Å². The van der Waals surface area contributed by atoms with Crippen LogP contribution in [-0.4, -0.2) is 29.9 Å². The maximum atomic E-state index is 9.75. The van der Waals surface area contributed by atoms with Crippen molar-refractivity contribution in [1.82, 2.24) is 5.43 Å². The van der Waals surface area contributed by atoms with Crippen LogP contribution < -0.4 is 10.4 Å². The maximum Gasteiger partial charge on any atom is 0.673 e. The molecule has 0 unspecified atom stereocenters. The lowest BCUT2D eigenvalue weighted by atomic mass is 9.87. The minimum atomic E-state index is -6.00. The quantitative estimate of drug-likeness (QED) is 0.467. The minimum absolute atomic E-state index is 0.125. The van der Waals surface area contributed by atoms with Crippen LogP contribution >= 0.6 is 0 Å². The summed E-state index contributed by atoms with van der Waals surface area (Å²) in [7, 11) is -6.00. The van der Waals surface area contributed by atoms with Crippen molar-refractivity contribution in [2.24, 2.45) is 0 Å². The molecule has 2 aromatic carbocycles. The van der Waals surface area contributed by atoms with Crippen LogP contribution in [0.5, 0.6) is 0 Å². The number of hydrogen-bond acceptors (Lipinski definition) is 2. The van der Waals surface area contributed by atoms with E-state index < -0.39 is 7.25 Å². The summed E-state index contributed by atoms with van der Waals surface area (Å²) in [5, 5.41) is 2.22. The van der Waals surface area contributed by atoms with Crippen LogP contribution in [0.15, 0.2) is 54.6 Å². The van der Waals surface area contributed by atoms with E-state index in [4.69, 9.17) is 0 Å². The molecule has 1 N–H and O–H groups in total. The number of amidine groups is 1. The molecule has 0 atom stereocenters. The number of para-hydroxylation sites is 1. The topological polar surface area (TPSA) is 18.3 Å². The lowest BCUT2D eigenvalue weighted by molar-refractivity contribution is -0.595. The minimum Gasteiger partial charge on any atom is -0.418 e. The lowest BCUT2D eigenvalue weighted by Crippen LogP contribution is -2.45. The fraction of sp³-hybridized carbons (Fsp3) is 0.278. The highest BCUT2D eigenvalue weighted by Gasteiger charge is 2.43. The molecule has 0 aliphatic carbocycles. The molecule has 8 heteroatoms. The molecule has 2 aliphatic heterocycles. The zero-order chi connectivity index (χ0) is 18.9. The third-order valence-corrected chi connectivity index (χ3v) is 4.49. The Morgan fingerprint density at radius 2 is 1.54 bits per heavy atom. The summed E-state index contributed by atoms with van der Waals surface area (Å²) in [6.45, 7) is 5.51. The van der Waals surface area contributed by atoms with Crippen molar-refractivity contribution >= 4 is 18.8 Å². The molecular weight excluding hydrogens is 345 g/mol. The van der Waals surface area contributed by atoms with Crippen LogP contribution in [0.2, 0.25) is 0 Å². The van der Waals surface area contributed by atoms with E-state index in [1.807, 2.05) is 0 Å². The molecule has 26 heavy (non-hydrogen) atoms.